The van der Waals surface area contributed by atoms with Gasteiger partial charge >= 0.3 is 12.2 Å². The number of fused-ring (bicyclic) bond motifs is 1. The number of aromatic amines is 2. The second-order valence-corrected chi connectivity index (χ2v) is 17.3. The van der Waals surface area contributed by atoms with Crippen molar-refractivity contribution in [1.29, 1.82) is 0 Å². The summed E-state index contributed by atoms with van der Waals surface area (Å²) >= 11 is 0. The van der Waals surface area contributed by atoms with Gasteiger partial charge < -0.3 is 34.9 Å². The first-order valence-electron chi connectivity index (χ1n) is 21.9. The summed E-state index contributed by atoms with van der Waals surface area (Å²) in [5.74, 6) is 1.32. The Morgan fingerprint density at radius 1 is 0.774 bits per heavy atom. The van der Waals surface area contributed by atoms with Crippen molar-refractivity contribution in [2.45, 2.75) is 102 Å². The minimum atomic E-state index is -1.13. The maximum absolute atomic E-state index is 14.0. The number of ether oxygens (including phenoxy) is 1. The number of methoxy groups -OCH3 is 1. The number of likely N-dealkylation sites (N-methyl/N-ethyl adjacent to an activating group) is 1. The molecule has 8 rings (SSSR count). The number of nitrogens with one attached hydrogen (secondary N) is 3. The Morgan fingerprint density at radius 3 is 1.98 bits per heavy atom. The summed E-state index contributed by atoms with van der Waals surface area (Å²) in [7, 11) is 2.77. The largest absolute Gasteiger partial charge is 0.465 e. The topological polar surface area (TPSA) is 203 Å². The highest BCUT2D eigenvalue weighted by Gasteiger charge is 2.40. The molecular weight excluding hydrogens is 789 g/mol. The molecule has 2 aromatic carbocycles. The van der Waals surface area contributed by atoms with Crippen LogP contribution in [0.2, 0.25) is 0 Å². The summed E-state index contributed by atoms with van der Waals surface area (Å²) in [6.07, 6.45) is 13.1. The molecule has 16 nitrogen and oxygen atoms in total. The Labute approximate surface area is 360 Å². The van der Waals surface area contributed by atoms with Crippen LogP contribution in [-0.2, 0) is 14.3 Å². The van der Waals surface area contributed by atoms with Gasteiger partial charge in [-0.3, -0.25) is 19.5 Å². The second-order valence-electron chi connectivity index (χ2n) is 17.3. The Balaban J connectivity index is 0.933. The molecule has 3 aromatic heterocycles. The van der Waals surface area contributed by atoms with Crippen LogP contribution >= 0.6 is 0 Å². The number of rotatable bonds is 12. The van der Waals surface area contributed by atoms with Gasteiger partial charge in [0.05, 0.1) is 65.9 Å². The Kier molecular flexibility index (Phi) is 12.5. The van der Waals surface area contributed by atoms with Crippen LogP contribution in [-0.4, -0.2) is 113 Å². The summed E-state index contributed by atoms with van der Waals surface area (Å²) in [5, 5.41) is 12.4. The minimum Gasteiger partial charge on any atom is -0.465 e. The van der Waals surface area contributed by atoms with E-state index in [0.29, 0.717) is 37.1 Å². The smallest absolute Gasteiger partial charge is 0.407 e. The fourth-order valence-corrected chi connectivity index (χ4v) is 9.64. The van der Waals surface area contributed by atoms with Crippen molar-refractivity contribution in [3.8, 4) is 33.8 Å². The van der Waals surface area contributed by atoms with E-state index in [1.165, 1.54) is 20.6 Å². The lowest BCUT2D eigenvalue weighted by Crippen LogP contribution is -2.51. The van der Waals surface area contributed by atoms with Gasteiger partial charge in [0.2, 0.25) is 11.8 Å². The van der Waals surface area contributed by atoms with Crippen LogP contribution in [0, 0.1) is 11.8 Å². The lowest BCUT2D eigenvalue weighted by molar-refractivity contribution is -0.138. The first-order valence-corrected chi connectivity index (χ1v) is 21.9. The van der Waals surface area contributed by atoms with E-state index in [2.05, 4.69) is 20.3 Å². The van der Waals surface area contributed by atoms with E-state index < -0.39 is 24.3 Å². The second kappa shape index (κ2) is 18.3. The normalized spacial score (nSPS) is 19.2. The van der Waals surface area contributed by atoms with E-state index in [-0.39, 0.29) is 29.8 Å². The first kappa shape index (κ1) is 42.4. The van der Waals surface area contributed by atoms with Crippen molar-refractivity contribution in [3.63, 3.8) is 0 Å². The molecule has 4 N–H and O–H groups in total. The van der Waals surface area contributed by atoms with Gasteiger partial charge in [-0.1, -0.05) is 76.3 Å². The maximum Gasteiger partial charge on any atom is 0.407 e. The van der Waals surface area contributed by atoms with Gasteiger partial charge in [0, 0.05) is 31.3 Å². The number of nitrogens with zero attached hydrogens (tertiary/aromatic N) is 7. The summed E-state index contributed by atoms with van der Waals surface area (Å²) in [6, 6.07) is 12.0. The number of aromatic nitrogens is 6. The van der Waals surface area contributed by atoms with Crippen LogP contribution < -0.4 is 5.32 Å². The summed E-state index contributed by atoms with van der Waals surface area (Å²) in [5.41, 5.74) is 6.56. The average molecular weight is 845 g/mol. The molecule has 2 saturated heterocycles. The molecule has 0 bridgehead atoms. The van der Waals surface area contributed by atoms with Crippen molar-refractivity contribution < 1.29 is 29.0 Å². The number of hydrogen-bond acceptors (Lipinski definition) is 9. The molecule has 3 aliphatic rings. The standard InChI is InChI=1S/C46H56N10O6/c1-27(2)40(54(3)46(60)61)44(58)56-21-9-13-39(56)42-48-25-36(51-42)30-16-14-29(15-17-30)35-24-47-33-23-31(18-19-32(33)50-35)37-26-49-41(52-37)38-12-8-20-55(38)43(57)34(53-45(59)62-4)22-28-10-6-5-7-11-28/h14-19,23-28,34,38-40H,5-13,20-22H2,1-4H3,(H,48,51)(H,49,52)(H,53,59)(H,60,61)/t34?,38-,39-,40-/m0/s1. The molecule has 2 aliphatic heterocycles. The fourth-order valence-electron chi connectivity index (χ4n) is 9.64. The van der Waals surface area contributed by atoms with Crippen molar-refractivity contribution in [1.82, 2.24) is 49.9 Å². The lowest BCUT2D eigenvalue weighted by Gasteiger charge is -2.33. The van der Waals surface area contributed by atoms with E-state index in [1.807, 2.05) is 61.2 Å². The number of amides is 4. The van der Waals surface area contributed by atoms with Gasteiger partial charge in [-0.25, -0.2) is 24.5 Å². The third kappa shape index (κ3) is 8.86. The molecule has 4 atom stereocenters. The third-order valence-corrected chi connectivity index (χ3v) is 12.9. The van der Waals surface area contributed by atoms with Crippen molar-refractivity contribution in [2.24, 2.45) is 11.8 Å². The quantitative estimate of drug-likeness (QED) is 0.0963. The predicted octanol–water partition coefficient (Wildman–Crippen LogP) is 7.73. The zero-order valence-corrected chi connectivity index (χ0v) is 35.8. The number of carbonyl (C=O) groups is 4. The molecule has 5 aromatic rings. The van der Waals surface area contributed by atoms with E-state index in [4.69, 9.17) is 19.7 Å². The molecule has 62 heavy (non-hydrogen) atoms. The number of benzene rings is 2. The number of carboxylic acid groups (broad SMARTS) is 1. The van der Waals surface area contributed by atoms with Gasteiger partial charge in [0.1, 0.15) is 23.7 Å². The molecule has 5 heterocycles. The van der Waals surface area contributed by atoms with E-state index in [9.17, 15) is 24.3 Å². The van der Waals surface area contributed by atoms with Gasteiger partial charge in [0.15, 0.2) is 0 Å². The van der Waals surface area contributed by atoms with E-state index in [0.717, 1.165) is 101 Å². The number of likely N-dealkylation sites (tertiary alicyclic amines) is 2. The summed E-state index contributed by atoms with van der Waals surface area (Å²) in [4.78, 5) is 82.4. The molecule has 326 valence electrons. The van der Waals surface area contributed by atoms with Crippen LogP contribution in [0.4, 0.5) is 9.59 Å². The number of carbonyl (C=O) groups excluding carboxylic acids is 3. The highest BCUT2D eigenvalue weighted by atomic mass is 16.5. The highest BCUT2D eigenvalue weighted by Crippen LogP contribution is 2.36. The molecule has 1 saturated carbocycles. The Hall–Kier alpha value is -6.32. The minimum absolute atomic E-state index is 0.0889. The summed E-state index contributed by atoms with van der Waals surface area (Å²) < 4.78 is 4.89. The fraction of sp³-hybridized carbons (Fsp3) is 0.478. The molecule has 0 radical (unpaired) electrons. The van der Waals surface area contributed by atoms with Gasteiger partial charge in [-0.05, 0) is 61.6 Å². The van der Waals surface area contributed by atoms with Crippen LogP contribution in [0.25, 0.3) is 44.8 Å². The lowest BCUT2D eigenvalue weighted by atomic mass is 9.84. The van der Waals surface area contributed by atoms with Crippen molar-refractivity contribution in [3.05, 3.63) is 72.7 Å². The highest BCUT2D eigenvalue weighted by molar-refractivity contribution is 5.87. The third-order valence-electron chi connectivity index (χ3n) is 12.9. The van der Waals surface area contributed by atoms with Crippen LogP contribution in [0.3, 0.4) is 0 Å². The molecular formula is C46H56N10O6. The summed E-state index contributed by atoms with van der Waals surface area (Å²) in [6.45, 7) is 4.87. The SMILES string of the molecule is COC(=O)NC(CC1CCCCC1)C(=O)N1CCC[C@H]1c1ncc(-c2ccc3nc(-c4ccc(-c5cnc([C@@H]6CCCN6C(=O)[C@H](C(C)C)N(C)C(=O)O)[nH]5)cc4)cnc3c2)[nH]1. The maximum atomic E-state index is 14.0. The van der Waals surface area contributed by atoms with Crippen LogP contribution in [0.1, 0.15) is 102 Å². The Bertz CT molecular complexity index is 2410. The molecule has 3 fully saturated rings. The predicted molar refractivity (Wildman–Crippen MR) is 232 cm³/mol. The molecule has 16 heteroatoms. The van der Waals surface area contributed by atoms with Crippen molar-refractivity contribution in [2.75, 3.05) is 27.2 Å². The zero-order valence-electron chi connectivity index (χ0n) is 35.8. The van der Waals surface area contributed by atoms with Crippen LogP contribution in [0.15, 0.2) is 61.1 Å². The number of H-pyrrole nitrogens is 2. The number of imidazole rings is 2. The van der Waals surface area contributed by atoms with Gasteiger partial charge in [-0.15, -0.1) is 0 Å². The van der Waals surface area contributed by atoms with E-state index in [1.54, 1.807) is 23.5 Å². The zero-order chi connectivity index (χ0) is 43.5. The average Bonchev–Trinajstić information content (AvgIpc) is 4.13. The number of alkyl carbamates (subject to hydrolysis) is 1. The number of hydrogen-bond donors (Lipinski definition) is 4. The van der Waals surface area contributed by atoms with Crippen LogP contribution in [0.5, 0.6) is 0 Å². The molecule has 0 spiro atoms. The van der Waals surface area contributed by atoms with Gasteiger partial charge in [-0.2, -0.15) is 0 Å². The molecule has 1 unspecified atom stereocenters. The van der Waals surface area contributed by atoms with Crippen molar-refractivity contribution >= 4 is 35.0 Å². The first-order chi connectivity index (χ1) is 30.0. The molecule has 4 amide bonds. The monoisotopic (exact) mass is 844 g/mol. The molecule has 1 aliphatic carbocycles. The van der Waals surface area contributed by atoms with Gasteiger partial charge in [0.25, 0.3) is 0 Å². The Morgan fingerprint density at radius 2 is 1.37 bits per heavy atom. The van der Waals surface area contributed by atoms with E-state index >= 15 is 0 Å².